The van der Waals surface area contributed by atoms with Crippen LogP contribution in [0.1, 0.15) is 43.6 Å². The van der Waals surface area contributed by atoms with E-state index in [1.54, 1.807) is 24.3 Å². The highest BCUT2D eigenvalue weighted by Gasteiger charge is 2.19. The van der Waals surface area contributed by atoms with Gasteiger partial charge in [0.1, 0.15) is 0 Å². The second kappa shape index (κ2) is 6.65. The summed E-state index contributed by atoms with van der Waals surface area (Å²) in [5.41, 5.74) is 2.91. The van der Waals surface area contributed by atoms with Crippen LogP contribution in [0.4, 0.5) is 11.4 Å². The van der Waals surface area contributed by atoms with Crippen molar-refractivity contribution in [2.75, 3.05) is 10.6 Å². The number of anilines is 2. The number of hydrogen-bond donors (Lipinski definition) is 2. The zero-order chi connectivity index (χ0) is 17.0. The Morgan fingerprint density at radius 2 is 1.61 bits per heavy atom. The molecular weight excluding hydrogens is 288 g/mol. The van der Waals surface area contributed by atoms with E-state index in [-0.39, 0.29) is 17.2 Å². The van der Waals surface area contributed by atoms with Crippen LogP contribution < -0.4 is 10.6 Å². The summed E-state index contributed by atoms with van der Waals surface area (Å²) < 4.78 is 0. The van der Waals surface area contributed by atoms with E-state index in [0.29, 0.717) is 11.3 Å². The first kappa shape index (κ1) is 16.7. The van der Waals surface area contributed by atoms with Gasteiger partial charge in [-0.25, -0.2) is 0 Å². The Morgan fingerprint density at radius 3 is 2.26 bits per heavy atom. The molecule has 0 spiro atoms. The predicted octanol–water partition coefficient (Wildman–Crippen LogP) is 4.19. The Kier molecular flexibility index (Phi) is 4.84. The van der Waals surface area contributed by atoms with Crippen molar-refractivity contribution in [1.82, 2.24) is 0 Å². The molecule has 2 aromatic carbocycles. The molecule has 4 heteroatoms. The highest BCUT2D eigenvalue weighted by atomic mass is 16.2. The summed E-state index contributed by atoms with van der Waals surface area (Å²) in [5.74, 6) is -0.366. The summed E-state index contributed by atoms with van der Waals surface area (Å²) in [6, 6.07) is 14.7. The number of nitrogens with one attached hydrogen (secondary N) is 2. The largest absolute Gasteiger partial charge is 0.326 e. The molecule has 0 aromatic heterocycles. The summed E-state index contributed by atoms with van der Waals surface area (Å²) >= 11 is 0. The Labute approximate surface area is 136 Å². The van der Waals surface area contributed by atoms with Crippen molar-refractivity contribution in [2.45, 2.75) is 33.1 Å². The van der Waals surface area contributed by atoms with Gasteiger partial charge in [0.15, 0.2) is 0 Å². The number of benzene rings is 2. The molecule has 0 aliphatic rings. The van der Waals surface area contributed by atoms with Gasteiger partial charge in [-0.05, 0) is 35.2 Å². The van der Waals surface area contributed by atoms with Crippen LogP contribution >= 0.6 is 0 Å². The first-order valence-electron chi connectivity index (χ1n) is 7.56. The number of amides is 2. The van der Waals surface area contributed by atoms with Gasteiger partial charge in [-0.3, -0.25) is 9.59 Å². The molecule has 0 heterocycles. The molecule has 0 unspecified atom stereocenters. The fourth-order valence-corrected chi connectivity index (χ4v) is 2.38. The molecule has 2 N–H and O–H groups in total. The van der Waals surface area contributed by atoms with Crippen LogP contribution in [0.3, 0.4) is 0 Å². The van der Waals surface area contributed by atoms with Crippen molar-refractivity contribution in [2.24, 2.45) is 0 Å². The third kappa shape index (κ3) is 4.42. The number of para-hydroxylation sites is 1. The lowest BCUT2D eigenvalue weighted by Crippen LogP contribution is -2.19. The topological polar surface area (TPSA) is 58.2 Å². The van der Waals surface area contributed by atoms with Crippen LogP contribution in [0.25, 0.3) is 0 Å². The molecule has 0 saturated carbocycles. The third-order valence-corrected chi connectivity index (χ3v) is 3.43. The molecule has 0 aliphatic heterocycles. The van der Waals surface area contributed by atoms with Crippen molar-refractivity contribution in [3.05, 3.63) is 59.7 Å². The molecule has 0 fully saturated rings. The monoisotopic (exact) mass is 310 g/mol. The van der Waals surface area contributed by atoms with Crippen molar-refractivity contribution in [1.29, 1.82) is 0 Å². The smallest absolute Gasteiger partial charge is 0.255 e. The molecule has 2 amide bonds. The molecular formula is C19H22N2O2. The van der Waals surface area contributed by atoms with Crippen molar-refractivity contribution in [3.8, 4) is 0 Å². The maximum absolute atomic E-state index is 12.5. The van der Waals surface area contributed by atoms with Gasteiger partial charge in [-0.2, -0.15) is 0 Å². The SMILES string of the molecule is CC(=O)Nc1cccc(C(=O)Nc2ccccc2C(C)(C)C)c1. The zero-order valence-corrected chi connectivity index (χ0v) is 13.9. The summed E-state index contributed by atoms with van der Waals surface area (Å²) in [6.07, 6.45) is 0. The highest BCUT2D eigenvalue weighted by Crippen LogP contribution is 2.29. The van der Waals surface area contributed by atoms with E-state index in [4.69, 9.17) is 0 Å². The van der Waals surface area contributed by atoms with Crippen LogP contribution in [0.2, 0.25) is 0 Å². The average Bonchev–Trinajstić information content (AvgIpc) is 2.46. The van der Waals surface area contributed by atoms with Gasteiger partial charge in [-0.15, -0.1) is 0 Å². The molecule has 2 aromatic rings. The third-order valence-electron chi connectivity index (χ3n) is 3.43. The number of carbonyl (C=O) groups is 2. The Bertz CT molecular complexity index is 730. The lowest BCUT2D eigenvalue weighted by atomic mass is 9.86. The molecule has 2 rings (SSSR count). The molecule has 0 aliphatic carbocycles. The first-order valence-corrected chi connectivity index (χ1v) is 7.56. The standard InChI is InChI=1S/C19H22N2O2/c1-13(22)20-15-9-7-8-14(12-15)18(23)21-17-11-6-5-10-16(17)19(2,3)4/h5-12H,1-4H3,(H,20,22)(H,21,23). The van der Waals surface area contributed by atoms with Gasteiger partial charge in [-0.1, -0.05) is 45.0 Å². The van der Waals surface area contributed by atoms with Crippen LogP contribution in [0.5, 0.6) is 0 Å². The Morgan fingerprint density at radius 1 is 0.913 bits per heavy atom. The van der Waals surface area contributed by atoms with Gasteiger partial charge in [0.2, 0.25) is 5.91 Å². The van der Waals surface area contributed by atoms with E-state index in [1.165, 1.54) is 6.92 Å². The summed E-state index contributed by atoms with van der Waals surface area (Å²) in [5, 5.41) is 5.64. The number of hydrogen-bond acceptors (Lipinski definition) is 2. The second-order valence-corrected chi connectivity index (χ2v) is 6.51. The van der Waals surface area contributed by atoms with Crippen molar-refractivity contribution >= 4 is 23.2 Å². The van der Waals surface area contributed by atoms with E-state index < -0.39 is 0 Å². The maximum Gasteiger partial charge on any atom is 0.255 e. The summed E-state index contributed by atoms with van der Waals surface area (Å²) in [7, 11) is 0. The van der Waals surface area contributed by atoms with Gasteiger partial charge in [0.25, 0.3) is 5.91 Å². The second-order valence-electron chi connectivity index (χ2n) is 6.51. The van der Waals surface area contributed by atoms with Crippen LogP contribution in [0.15, 0.2) is 48.5 Å². The normalized spacial score (nSPS) is 11.0. The minimum atomic E-state index is -0.200. The van der Waals surface area contributed by atoms with Crippen LogP contribution in [-0.2, 0) is 10.2 Å². The van der Waals surface area contributed by atoms with Gasteiger partial charge in [0, 0.05) is 23.9 Å². The van der Waals surface area contributed by atoms with Gasteiger partial charge >= 0.3 is 0 Å². The first-order chi connectivity index (χ1) is 10.8. The molecule has 120 valence electrons. The molecule has 0 atom stereocenters. The van der Waals surface area contributed by atoms with Gasteiger partial charge < -0.3 is 10.6 Å². The lowest BCUT2D eigenvalue weighted by Gasteiger charge is -2.23. The molecule has 4 nitrogen and oxygen atoms in total. The minimum Gasteiger partial charge on any atom is -0.326 e. The fraction of sp³-hybridized carbons (Fsp3) is 0.263. The lowest BCUT2D eigenvalue weighted by molar-refractivity contribution is -0.114. The number of carbonyl (C=O) groups excluding carboxylic acids is 2. The molecule has 0 saturated heterocycles. The maximum atomic E-state index is 12.5. The average molecular weight is 310 g/mol. The van der Waals surface area contributed by atoms with Crippen LogP contribution in [0, 0.1) is 0 Å². The Balaban J connectivity index is 2.25. The molecule has 0 radical (unpaired) electrons. The zero-order valence-electron chi connectivity index (χ0n) is 13.9. The van der Waals surface area contributed by atoms with Crippen molar-refractivity contribution < 1.29 is 9.59 Å². The van der Waals surface area contributed by atoms with Gasteiger partial charge in [0.05, 0.1) is 0 Å². The molecule has 0 bridgehead atoms. The highest BCUT2D eigenvalue weighted by molar-refractivity contribution is 6.05. The van der Waals surface area contributed by atoms with E-state index in [9.17, 15) is 9.59 Å². The Hall–Kier alpha value is -2.62. The number of rotatable bonds is 3. The van der Waals surface area contributed by atoms with E-state index in [0.717, 1.165) is 11.3 Å². The molecule has 23 heavy (non-hydrogen) atoms. The summed E-state index contributed by atoms with van der Waals surface area (Å²) in [4.78, 5) is 23.6. The predicted molar refractivity (Wildman–Crippen MR) is 93.8 cm³/mol. The van der Waals surface area contributed by atoms with Crippen molar-refractivity contribution in [3.63, 3.8) is 0 Å². The summed E-state index contributed by atoms with van der Waals surface area (Å²) in [6.45, 7) is 7.76. The van der Waals surface area contributed by atoms with Crippen LogP contribution in [-0.4, -0.2) is 11.8 Å². The van der Waals surface area contributed by atoms with E-state index in [1.807, 2.05) is 24.3 Å². The fourth-order valence-electron chi connectivity index (χ4n) is 2.38. The minimum absolute atomic E-state index is 0.0676. The quantitative estimate of drug-likeness (QED) is 0.893. The van der Waals surface area contributed by atoms with E-state index >= 15 is 0 Å². The van der Waals surface area contributed by atoms with E-state index in [2.05, 4.69) is 31.4 Å².